The third-order valence-corrected chi connectivity index (χ3v) is 3.08. The molecular formula is C10H19NO3. The standard InChI is InChI=1S/C10H19NO3/c12-8-10-7-11(3-6-14-10)9-1-4-13-5-2-9/h9-10,12H,1-8H2/t10-/m1/s1. The highest BCUT2D eigenvalue weighted by atomic mass is 16.5. The van der Waals surface area contributed by atoms with Crippen molar-refractivity contribution in [2.75, 3.05) is 39.5 Å². The first-order valence-corrected chi connectivity index (χ1v) is 5.44. The molecule has 1 N–H and O–H groups in total. The number of hydrogen-bond donors (Lipinski definition) is 1. The lowest BCUT2D eigenvalue weighted by molar-refractivity contribution is -0.0781. The van der Waals surface area contributed by atoms with Gasteiger partial charge in [0, 0.05) is 32.3 Å². The van der Waals surface area contributed by atoms with Gasteiger partial charge in [-0.05, 0) is 12.8 Å². The zero-order valence-corrected chi connectivity index (χ0v) is 8.52. The second kappa shape index (κ2) is 5.07. The van der Waals surface area contributed by atoms with E-state index in [-0.39, 0.29) is 12.7 Å². The molecule has 1 atom stereocenters. The predicted molar refractivity (Wildman–Crippen MR) is 52.2 cm³/mol. The summed E-state index contributed by atoms with van der Waals surface area (Å²) in [4.78, 5) is 2.44. The van der Waals surface area contributed by atoms with Crippen molar-refractivity contribution in [1.29, 1.82) is 0 Å². The molecule has 0 aromatic carbocycles. The zero-order chi connectivity index (χ0) is 9.80. The average Bonchev–Trinajstić information content (AvgIpc) is 2.30. The van der Waals surface area contributed by atoms with Gasteiger partial charge in [-0.1, -0.05) is 0 Å². The first-order chi connectivity index (χ1) is 6.90. The molecule has 0 saturated carbocycles. The number of hydrogen-bond acceptors (Lipinski definition) is 4. The Hall–Kier alpha value is -0.160. The minimum absolute atomic E-state index is 0.0200. The van der Waals surface area contributed by atoms with Gasteiger partial charge in [0.25, 0.3) is 0 Å². The number of ether oxygens (including phenoxy) is 2. The summed E-state index contributed by atoms with van der Waals surface area (Å²) in [6.45, 7) is 4.53. The number of rotatable bonds is 2. The smallest absolute Gasteiger partial charge is 0.0932 e. The van der Waals surface area contributed by atoms with Crippen molar-refractivity contribution in [3.8, 4) is 0 Å². The first-order valence-electron chi connectivity index (χ1n) is 5.44. The maximum atomic E-state index is 9.03. The van der Waals surface area contributed by atoms with Crippen LogP contribution in [0.15, 0.2) is 0 Å². The summed E-state index contributed by atoms with van der Waals surface area (Å²) in [5.41, 5.74) is 0. The summed E-state index contributed by atoms with van der Waals surface area (Å²) < 4.78 is 10.8. The Morgan fingerprint density at radius 2 is 2.00 bits per heavy atom. The van der Waals surface area contributed by atoms with Gasteiger partial charge in [-0.25, -0.2) is 0 Å². The summed E-state index contributed by atoms with van der Waals surface area (Å²) in [6, 6.07) is 0.640. The topological polar surface area (TPSA) is 41.9 Å². The number of morpholine rings is 1. The normalized spacial score (nSPS) is 31.9. The highest BCUT2D eigenvalue weighted by molar-refractivity contribution is 4.79. The van der Waals surface area contributed by atoms with E-state index in [9.17, 15) is 0 Å². The second-order valence-electron chi connectivity index (χ2n) is 4.01. The van der Waals surface area contributed by atoms with E-state index < -0.39 is 0 Å². The van der Waals surface area contributed by atoms with Gasteiger partial charge < -0.3 is 14.6 Å². The third-order valence-electron chi connectivity index (χ3n) is 3.08. The molecule has 2 saturated heterocycles. The van der Waals surface area contributed by atoms with Crippen LogP contribution in [-0.4, -0.2) is 61.7 Å². The lowest BCUT2D eigenvalue weighted by Gasteiger charge is -2.39. The molecule has 0 aromatic heterocycles. The van der Waals surface area contributed by atoms with Crippen LogP contribution in [-0.2, 0) is 9.47 Å². The molecule has 4 nitrogen and oxygen atoms in total. The summed E-state index contributed by atoms with van der Waals surface area (Å²) >= 11 is 0. The van der Waals surface area contributed by atoms with Gasteiger partial charge in [0.1, 0.15) is 0 Å². The Morgan fingerprint density at radius 3 is 2.71 bits per heavy atom. The largest absolute Gasteiger partial charge is 0.394 e. The molecule has 0 bridgehead atoms. The van der Waals surface area contributed by atoms with Gasteiger partial charge >= 0.3 is 0 Å². The molecule has 2 fully saturated rings. The number of nitrogens with zero attached hydrogens (tertiary/aromatic N) is 1. The van der Waals surface area contributed by atoms with Gasteiger partial charge in [0.05, 0.1) is 19.3 Å². The summed E-state index contributed by atoms with van der Waals surface area (Å²) in [5, 5.41) is 9.03. The van der Waals surface area contributed by atoms with E-state index in [1.54, 1.807) is 0 Å². The van der Waals surface area contributed by atoms with Gasteiger partial charge in [0.15, 0.2) is 0 Å². The van der Waals surface area contributed by atoms with Crippen LogP contribution >= 0.6 is 0 Å². The molecule has 2 heterocycles. The maximum Gasteiger partial charge on any atom is 0.0932 e. The molecule has 2 aliphatic rings. The average molecular weight is 201 g/mol. The summed E-state index contributed by atoms with van der Waals surface area (Å²) in [6.07, 6.45) is 2.27. The molecule has 2 rings (SSSR count). The highest BCUT2D eigenvalue weighted by Crippen LogP contribution is 2.17. The molecular weight excluding hydrogens is 182 g/mol. The SMILES string of the molecule is OC[C@H]1CN(C2CCOCC2)CCO1. The van der Waals surface area contributed by atoms with Gasteiger partial charge in [0.2, 0.25) is 0 Å². The lowest BCUT2D eigenvalue weighted by Crippen LogP contribution is -2.50. The van der Waals surface area contributed by atoms with Gasteiger partial charge in [-0.3, -0.25) is 4.90 Å². The quantitative estimate of drug-likeness (QED) is 0.675. The van der Waals surface area contributed by atoms with Gasteiger partial charge in [-0.15, -0.1) is 0 Å². The van der Waals surface area contributed by atoms with Crippen LogP contribution in [0.4, 0.5) is 0 Å². The number of aliphatic hydroxyl groups excluding tert-OH is 1. The molecule has 4 heteroatoms. The zero-order valence-electron chi connectivity index (χ0n) is 8.52. The van der Waals surface area contributed by atoms with Crippen molar-refractivity contribution in [2.24, 2.45) is 0 Å². The highest BCUT2D eigenvalue weighted by Gasteiger charge is 2.27. The molecule has 14 heavy (non-hydrogen) atoms. The monoisotopic (exact) mass is 201 g/mol. The van der Waals surface area contributed by atoms with Crippen molar-refractivity contribution in [1.82, 2.24) is 4.90 Å². The van der Waals surface area contributed by atoms with E-state index in [1.807, 2.05) is 0 Å². The van der Waals surface area contributed by atoms with Crippen LogP contribution in [0.3, 0.4) is 0 Å². The molecule has 0 aliphatic carbocycles. The number of aliphatic hydroxyl groups is 1. The molecule has 0 amide bonds. The van der Waals surface area contributed by atoms with Crippen LogP contribution in [0.1, 0.15) is 12.8 Å². The Bertz CT molecular complexity index is 171. The third kappa shape index (κ3) is 2.45. The Labute approximate surface area is 84.8 Å². The van der Waals surface area contributed by atoms with Crippen molar-refractivity contribution >= 4 is 0 Å². The molecule has 0 spiro atoms. The molecule has 2 aliphatic heterocycles. The van der Waals surface area contributed by atoms with Crippen LogP contribution < -0.4 is 0 Å². The Kier molecular flexibility index (Phi) is 3.75. The van der Waals surface area contributed by atoms with E-state index >= 15 is 0 Å². The lowest BCUT2D eigenvalue weighted by atomic mass is 10.1. The minimum atomic E-state index is 0.0200. The van der Waals surface area contributed by atoms with E-state index in [0.717, 1.165) is 45.8 Å². The van der Waals surface area contributed by atoms with Crippen molar-refractivity contribution < 1.29 is 14.6 Å². The van der Waals surface area contributed by atoms with Crippen molar-refractivity contribution in [3.05, 3.63) is 0 Å². The minimum Gasteiger partial charge on any atom is -0.394 e. The van der Waals surface area contributed by atoms with Crippen LogP contribution in [0, 0.1) is 0 Å². The van der Waals surface area contributed by atoms with E-state index in [4.69, 9.17) is 14.6 Å². The fourth-order valence-electron chi connectivity index (χ4n) is 2.23. The molecule has 0 aromatic rings. The molecule has 0 unspecified atom stereocenters. The van der Waals surface area contributed by atoms with E-state index in [1.165, 1.54) is 0 Å². The Morgan fingerprint density at radius 1 is 1.21 bits per heavy atom. The Balaban J connectivity index is 1.83. The van der Waals surface area contributed by atoms with Crippen molar-refractivity contribution in [3.63, 3.8) is 0 Å². The van der Waals surface area contributed by atoms with E-state index in [2.05, 4.69) is 4.90 Å². The second-order valence-corrected chi connectivity index (χ2v) is 4.01. The van der Waals surface area contributed by atoms with Crippen LogP contribution in [0.5, 0.6) is 0 Å². The maximum absolute atomic E-state index is 9.03. The van der Waals surface area contributed by atoms with Crippen molar-refractivity contribution in [2.45, 2.75) is 25.0 Å². The fraction of sp³-hybridized carbons (Fsp3) is 1.00. The molecule has 82 valence electrons. The van der Waals surface area contributed by atoms with Crippen LogP contribution in [0.25, 0.3) is 0 Å². The predicted octanol–water partition coefficient (Wildman–Crippen LogP) is -0.141. The fourth-order valence-corrected chi connectivity index (χ4v) is 2.23. The van der Waals surface area contributed by atoms with Crippen LogP contribution in [0.2, 0.25) is 0 Å². The first kappa shape index (κ1) is 10.4. The summed E-state index contributed by atoms with van der Waals surface area (Å²) in [5.74, 6) is 0. The van der Waals surface area contributed by atoms with E-state index in [0.29, 0.717) is 6.04 Å². The van der Waals surface area contributed by atoms with Gasteiger partial charge in [-0.2, -0.15) is 0 Å². The molecule has 0 radical (unpaired) electrons. The summed E-state index contributed by atoms with van der Waals surface area (Å²) in [7, 11) is 0.